The number of benzene rings is 1. The normalized spacial score (nSPS) is 15.0. The van der Waals surface area contributed by atoms with Crippen molar-refractivity contribution < 1.29 is 27.2 Å². The van der Waals surface area contributed by atoms with E-state index < -0.39 is 24.0 Å². The van der Waals surface area contributed by atoms with Crippen LogP contribution in [0.3, 0.4) is 0 Å². The Hall–Kier alpha value is -1.48. The molecule has 2 atom stereocenters. The zero-order valence-corrected chi connectivity index (χ0v) is 12.1. The fraction of sp³-hybridized carbons (Fsp3) is 0.333. The minimum atomic E-state index is -4.80. The minimum absolute atomic E-state index is 0.0717. The van der Waals surface area contributed by atoms with Crippen LogP contribution in [0.15, 0.2) is 27.2 Å². The second-order valence-corrected chi connectivity index (χ2v) is 5.21. The van der Waals surface area contributed by atoms with Crippen molar-refractivity contribution in [2.45, 2.75) is 25.1 Å². The number of nitrogens with zero attached hydrogens (tertiary/aromatic N) is 2. The molecule has 0 aliphatic rings. The third-order valence-corrected chi connectivity index (χ3v) is 3.50. The summed E-state index contributed by atoms with van der Waals surface area (Å²) in [4.78, 5) is 3.78. The topological polar surface area (TPSA) is 59.2 Å². The van der Waals surface area contributed by atoms with Crippen molar-refractivity contribution in [1.82, 2.24) is 10.1 Å². The maximum Gasteiger partial charge on any atom is 0.415 e. The smallest absolute Gasteiger partial charge is 0.383 e. The maximum absolute atomic E-state index is 13.2. The van der Waals surface area contributed by atoms with E-state index in [4.69, 9.17) is 9.63 Å². The van der Waals surface area contributed by atoms with Crippen molar-refractivity contribution in [1.29, 1.82) is 0 Å². The highest BCUT2D eigenvalue weighted by molar-refractivity contribution is 9.10. The molecule has 0 bridgehead atoms. The lowest BCUT2D eigenvalue weighted by Crippen LogP contribution is -2.33. The largest absolute Gasteiger partial charge is 0.415 e. The first-order valence-electron chi connectivity index (χ1n) is 5.74. The van der Waals surface area contributed by atoms with E-state index in [-0.39, 0.29) is 17.3 Å². The summed E-state index contributed by atoms with van der Waals surface area (Å²) in [5.74, 6) is -2.44. The summed E-state index contributed by atoms with van der Waals surface area (Å²) >= 11 is 3.16. The molecule has 9 heteroatoms. The van der Waals surface area contributed by atoms with Crippen LogP contribution >= 0.6 is 15.9 Å². The van der Waals surface area contributed by atoms with Crippen molar-refractivity contribution in [2.24, 2.45) is 0 Å². The van der Waals surface area contributed by atoms with Gasteiger partial charge in [-0.2, -0.15) is 18.2 Å². The quantitative estimate of drug-likeness (QED) is 0.839. The van der Waals surface area contributed by atoms with Gasteiger partial charge in [-0.25, -0.2) is 4.39 Å². The van der Waals surface area contributed by atoms with E-state index >= 15 is 0 Å². The highest BCUT2D eigenvalue weighted by atomic mass is 79.9. The zero-order valence-electron chi connectivity index (χ0n) is 10.5. The maximum atomic E-state index is 13.2. The van der Waals surface area contributed by atoms with Crippen molar-refractivity contribution in [3.8, 4) is 11.4 Å². The van der Waals surface area contributed by atoms with Gasteiger partial charge in [0.2, 0.25) is 11.7 Å². The predicted octanol–water partition coefficient (Wildman–Crippen LogP) is 3.66. The Morgan fingerprint density at radius 3 is 2.62 bits per heavy atom. The summed E-state index contributed by atoms with van der Waals surface area (Å²) < 4.78 is 55.7. The fourth-order valence-electron chi connectivity index (χ4n) is 1.62. The summed E-state index contributed by atoms with van der Waals surface area (Å²) in [6.45, 7) is 1.11. The molecule has 1 aromatic carbocycles. The monoisotopic (exact) mass is 368 g/mol. The van der Waals surface area contributed by atoms with Gasteiger partial charge in [0.25, 0.3) is 0 Å². The van der Waals surface area contributed by atoms with Gasteiger partial charge in [0, 0.05) is 10.0 Å². The van der Waals surface area contributed by atoms with Gasteiger partial charge in [-0.1, -0.05) is 28.0 Å². The number of hydrogen-bond donors (Lipinski definition) is 1. The van der Waals surface area contributed by atoms with Crippen LogP contribution in [0.4, 0.5) is 17.6 Å². The molecule has 0 radical (unpaired) electrons. The number of aliphatic hydroxyl groups is 1. The molecule has 0 amide bonds. The van der Waals surface area contributed by atoms with E-state index in [0.29, 0.717) is 4.47 Å². The Kier molecular flexibility index (Phi) is 4.33. The van der Waals surface area contributed by atoms with E-state index in [1.54, 1.807) is 0 Å². The predicted molar refractivity (Wildman–Crippen MR) is 67.9 cm³/mol. The summed E-state index contributed by atoms with van der Waals surface area (Å²) in [5.41, 5.74) is 0.235. The van der Waals surface area contributed by atoms with Gasteiger partial charge in [-0.3, -0.25) is 0 Å². The summed E-state index contributed by atoms with van der Waals surface area (Å²) in [6.07, 6.45) is -7.42. The molecular formula is C12H9BrF4N2O2. The molecule has 2 aromatic rings. The van der Waals surface area contributed by atoms with Crippen molar-refractivity contribution >= 4 is 15.9 Å². The lowest BCUT2D eigenvalue weighted by molar-refractivity contribution is -0.210. The Morgan fingerprint density at radius 1 is 1.33 bits per heavy atom. The van der Waals surface area contributed by atoms with Gasteiger partial charge >= 0.3 is 6.18 Å². The first-order chi connectivity index (χ1) is 9.70. The molecule has 4 nitrogen and oxygen atoms in total. The Bertz CT molecular complexity index is 644. The molecule has 1 heterocycles. The summed E-state index contributed by atoms with van der Waals surface area (Å²) in [5, 5.41) is 12.7. The minimum Gasteiger partial charge on any atom is -0.383 e. The number of alkyl halides is 3. The molecule has 2 rings (SSSR count). The van der Waals surface area contributed by atoms with Crippen LogP contribution in [0.2, 0.25) is 0 Å². The summed E-state index contributed by atoms with van der Waals surface area (Å²) in [6, 6.07) is 3.73. The van der Waals surface area contributed by atoms with Gasteiger partial charge in [-0.15, -0.1) is 0 Å². The van der Waals surface area contributed by atoms with Crippen LogP contribution in [-0.4, -0.2) is 27.5 Å². The lowest BCUT2D eigenvalue weighted by atomic mass is 10.0. The molecular weight excluding hydrogens is 360 g/mol. The van der Waals surface area contributed by atoms with E-state index in [1.165, 1.54) is 12.1 Å². The fourth-order valence-corrected chi connectivity index (χ4v) is 2.04. The number of aromatic nitrogens is 2. The third-order valence-electron chi connectivity index (χ3n) is 2.81. The Balaban J connectivity index is 2.32. The average molecular weight is 369 g/mol. The molecule has 0 saturated heterocycles. The number of halogens is 5. The molecule has 114 valence electrons. The molecule has 0 saturated carbocycles. The SMILES string of the molecule is CC(c1nc(-c2cc(F)ccc2Br)no1)C(O)C(F)(F)F. The molecule has 1 aromatic heterocycles. The van der Waals surface area contributed by atoms with Crippen LogP contribution in [0, 0.1) is 5.82 Å². The molecule has 0 fully saturated rings. The summed E-state index contributed by atoms with van der Waals surface area (Å²) in [7, 11) is 0. The van der Waals surface area contributed by atoms with Crippen LogP contribution < -0.4 is 0 Å². The van der Waals surface area contributed by atoms with Gasteiger partial charge < -0.3 is 9.63 Å². The first-order valence-corrected chi connectivity index (χ1v) is 6.53. The molecule has 2 unspecified atom stereocenters. The highest BCUT2D eigenvalue weighted by Crippen LogP contribution is 2.32. The average Bonchev–Trinajstić information content (AvgIpc) is 2.88. The number of aliphatic hydroxyl groups excluding tert-OH is 1. The zero-order chi connectivity index (χ0) is 15.8. The second-order valence-electron chi connectivity index (χ2n) is 4.36. The van der Waals surface area contributed by atoms with Crippen LogP contribution in [0.25, 0.3) is 11.4 Å². The van der Waals surface area contributed by atoms with Crippen LogP contribution in [0.5, 0.6) is 0 Å². The van der Waals surface area contributed by atoms with E-state index in [2.05, 4.69) is 26.1 Å². The van der Waals surface area contributed by atoms with Crippen LogP contribution in [0.1, 0.15) is 18.7 Å². The molecule has 1 N–H and O–H groups in total. The first kappa shape index (κ1) is 15.9. The molecule has 0 spiro atoms. The third kappa shape index (κ3) is 3.41. The lowest BCUT2D eigenvalue weighted by Gasteiger charge is -2.17. The van der Waals surface area contributed by atoms with E-state index in [9.17, 15) is 17.6 Å². The van der Waals surface area contributed by atoms with Gasteiger partial charge in [0.15, 0.2) is 6.10 Å². The second kappa shape index (κ2) is 5.72. The van der Waals surface area contributed by atoms with Crippen molar-refractivity contribution in [3.05, 3.63) is 34.4 Å². The molecule has 0 aliphatic carbocycles. The van der Waals surface area contributed by atoms with Crippen LogP contribution in [-0.2, 0) is 0 Å². The highest BCUT2D eigenvalue weighted by Gasteiger charge is 2.44. The van der Waals surface area contributed by atoms with Crippen molar-refractivity contribution in [2.75, 3.05) is 0 Å². The number of rotatable bonds is 3. The van der Waals surface area contributed by atoms with E-state index in [1.807, 2.05) is 0 Å². The van der Waals surface area contributed by atoms with Gasteiger partial charge in [-0.05, 0) is 18.2 Å². The van der Waals surface area contributed by atoms with Crippen molar-refractivity contribution in [3.63, 3.8) is 0 Å². The Labute approximate surface area is 124 Å². The molecule has 0 aliphatic heterocycles. The number of hydrogen-bond acceptors (Lipinski definition) is 4. The standard InChI is InChI=1S/C12H9BrF4N2O2/c1-5(9(20)12(15,16)17)11-18-10(19-21-11)7-4-6(14)2-3-8(7)13/h2-5,9,20H,1H3. The van der Waals surface area contributed by atoms with Gasteiger partial charge in [0.05, 0.1) is 5.92 Å². The Morgan fingerprint density at radius 2 is 2.00 bits per heavy atom. The van der Waals surface area contributed by atoms with E-state index in [0.717, 1.165) is 13.0 Å². The van der Waals surface area contributed by atoms with Gasteiger partial charge in [0.1, 0.15) is 5.82 Å². The molecule has 21 heavy (non-hydrogen) atoms.